The van der Waals surface area contributed by atoms with E-state index in [1.54, 1.807) is 4.90 Å². The summed E-state index contributed by atoms with van der Waals surface area (Å²) in [5.41, 5.74) is 1.07. The predicted molar refractivity (Wildman–Crippen MR) is 88.9 cm³/mol. The molecular weight excluding hydrogens is 316 g/mol. The van der Waals surface area contributed by atoms with E-state index in [1.165, 1.54) is 0 Å². The van der Waals surface area contributed by atoms with Crippen LogP contribution in [0.2, 0.25) is 0 Å². The molecule has 1 atom stereocenters. The molecule has 23 heavy (non-hydrogen) atoms. The number of hydrogen-bond acceptors (Lipinski definition) is 4. The molecule has 0 aromatic heterocycles. The number of benzene rings is 1. The largest absolute Gasteiger partial charge is 0.484 e. The van der Waals surface area contributed by atoms with E-state index in [0.717, 1.165) is 31.1 Å². The summed E-state index contributed by atoms with van der Waals surface area (Å²) in [6.07, 6.45) is 3.87. The highest BCUT2D eigenvalue weighted by atomic mass is 32.2. The SMILES string of the molecule is Cc1cccc(OCC(=O)N2CCCC[C@@H]2CNS(C)(=O)=O)c1. The fraction of sp³-hybridized carbons (Fsp3) is 0.562. The number of nitrogens with one attached hydrogen (secondary N) is 1. The van der Waals surface area contributed by atoms with Gasteiger partial charge in [0.05, 0.1) is 6.26 Å². The van der Waals surface area contributed by atoms with Gasteiger partial charge in [-0.3, -0.25) is 4.79 Å². The highest BCUT2D eigenvalue weighted by Gasteiger charge is 2.27. The van der Waals surface area contributed by atoms with Crippen LogP contribution in [-0.2, 0) is 14.8 Å². The lowest BCUT2D eigenvalue weighted by molar-refractivity contribution is -0.136. The van der Waals surface area contributed by atoms with Crippen LogP contribution in [0.25, 0.3) is 0 Å². The van der Waals surface area contributed by atoms with Crippen molar-refractivity contribution in [3.63, 3.8) is 0 Å². The van der Waals surface area contributed by atoms with Gasteiger partial charge in [0.15, 0.2) is 6.61 Å². The van der Waals surface area contributed by atoms with Gasteiger partial charge in [-0.05, 0) is 43.9 Å². The number of amides is 1. The first-order chi connectivity index (χ1) is 10.8. The summed E-state index contributed by atoms with van der Waals surface area (Å²) in [6, 6.07) is 7.44. The minimum atomic E-state index is -3.25. The maximum atomic E-state index is 12.4. The van der Waals surface area contributed by atoms with Gasteiger partial charge in [0.2, 0.25) is 10.0 Å². The maximum Gasteiger partial charge on any atom is 0.260 e. The van der Waals surface area contributed by atoms with Crippen molar-refractivity contribution in [2.75, 3.05) is 26.0 Å². The molecule has 128 valence electrons. The topological polar surface area (TPSA) is 75.7 Å². The maximum absolute atomic E-state index is 12.4. The predicted octanol–water partition coefficient (Wildman–Crippen LogP) is 1.30. The van der Waals surface area contributed by atoms with Gasteiger partial charge in [-0.15, -0.1) is 0 Å². The average Bonchev–Trinajstić information content (AvgIpc) is 2.50. The number of aryl methyl sites for hydroxylation is 1. The molecule has 2 rings (SSSR count). The fourth-order valence-electron chi connectivity index (χ4n) is 2.72. The van der Waals surface area contributed by atoms with Crippen molar-refractivity contribution in [2.45, 2.75) is 32.2 Å². The van der Waals surface area contributed by atoms with Crippen LogP contribution in [0.3, 0.4) is 0 Å². The third-order valence-corrected chi connectivity index (χ3v) is 4.57. The molecule has 0 unspecified atom stereocenters. The summed E-state index contributed by atoms with van der Waals surface area (Å²) >= 11 is 0. The standard InChI is InChI=1S/C16H24N2O4S/c1-13-6-5-8-15(10-13)22-12-16(19)18-9-4-3-7-14(18)11-17-23(2,20)21/h5-6,8,10,14,17H,3-4,7,9,11-12H2,1-2H3/t14-/m1/s1. The molecule has 1 amide bonds. The quantitative estimate of drug-likeness (QED) is 0.847. The van der Waals surface area contributed by atoms with E-state index in [2.05, 4.69) is 4.72 Å². The zero-order valence-corrected chi connectivity index (χ0v) is 14.4. The molecule has 0 radical (unpaired) electrons. The van der Waals surface area contributed by atoms with E-state index < -0.39 is 10.0 Å². The third-order valence-electron chi connectivity index (χ3n) is 3.88. The summed E-state index contributed by atoms with van der Waals surface area (Å²) in [5, 5.41) is 0. The van der Waals surface area contributed by atoms with Gasteiger partial charge in [0.1, 0.15) is 5.75 Å². The Labute approximate surface area is 137 Å². The molecule has 1 N–H and O–H groups in total. The molecule has 1 aromatic carbocycles. The highest BCUT2D eigenvalue weighted by Crippen LogP contribution is 2.18. The molecule has 1 aliphatic heterocycles. The van der Waals surface area contributed by atoms with Gasteiger partial charge >= 0.3 is 0 Å². The van der Waals surface area contributed by atoms with E-state index in [9.17, 15) is 13.2 Å². The zero-order chi connectivity index (χ0) is 16.9. The molecule has 1 fully saturated rings. The van der Waals surface area contributed by atoms with Crippen LogP contribution in [0, 0.1) is 6.92 Å². The van der Waals surface area contributed by atoms with Crippen molar-refractivity contribution < 1.29 is 17.9 Å². The number of sulfonamides is 1. The summed E-state index contributed by atoms with van der Waals surface area (Å²) in [7, 11) is -3.25. The average molecular weight is 340 g/mol. The normalized spacial score (nSPS) is 18.7. The van der Waals surface area contributed by atoms with Gasteiger partial charge in [0, 0.05) is 19.1 Å². The van der Waals surface area contributed by atoms with E-state index in [1.807, 2.05) is 31.2 Å². The molecule has 0 bridgehead atoms. The van der Waals surface area contributed by atoms with Crippen molar-refractivity contribution >= 4 is 15.9 Å². The van der Waals surface area contributed by atoms with Crippen LogP contribution in [-0.4, -0.2) is 51.2 Å². The second-order valence-electron chi connectivity index (χ2n) is 5.96. The highest BCUT2D eigenvalue weighted by molar-refractivity contribution is 7.88. The molecule has 7 heteroatoms. The lowest BCUT2D eigenvalue weighted by atomic mass is 10.0. The number of carbonyl (C=O) groups is 1. The summed E-state index contributed by atoms with van der Waals surface area (Å²) in [6.45, 7) is 2.84. The van der Waals surface area contributed by atoms with Gasteiger partial charge in [-0.1, -0.05) is 12.1 Å². The second-order valence-corrected chi connectivity index (χ2v) is 7.80. The minimum absolute atomic E-state index is 0.0289. The van der Waals surface area contributed by atoms with Crippen molar-refractivity contribution in [2.24, 2.45) is 0 Å². The first-order valence-corrected chi connectivity index (χ1v) is 9.68. The van der Waals surface area contributed by atoms with Gasteiger partial charge in [0.25, 0.3) is 5.91 Å². The summed E-state index contributed by atoms with van der Waals surface area (Å²) in [4.78, 5) is 14.1. The zero-order valence-electron chi connectivity index (χ0n) is 13.6. The Kier molecular flexibility index (Phi) is 6.01. The smallest absolute Gasteiger partial charge is 0.260 e. The Hall–Kier alpha value is -1.60. The van der Waals surface area contributed by atoms with Crippen molar-refractivity contribution in [1.82, 2.24) is 9.62 Å². The first kappa shape index (κ1) is 17.7. The molecule has 0 saturated carbocycles. The molecular formula is C16H24N2O4S. The molecule has 0 aliphatic carbocycles. The monoisotopic (exact) mass is 340 g/mol. The van der Waals surface area contributed by atoms with Crippen LogP contribution in [0.5, 0.6) is 5.75 Å². The Morgan fingerprint density at radius 3 is 2.87 bits per heavy atom. The van der Waals surface area contributed by atoms with E-state index >= 15 is 0 Å². The van der Waals surface area contributed by atoms with Gasteiger partial charge < -0.3 is 9.64 Å². The number of carbonyl (C=O) groups excluding carboxylic acids is 1. The summed E-state index contributed by atoms with van der Waals surface area (Å²) < 4.78 is 30.6. The second kappa shape index (κ2) is 7.79. The summed E-state index contributed by atoms with van der Waals surface area (Å²) in [5.74, 6) is 0.563. The fourth-order valence-corrected chi connectivity index (χ4v) is 3.22. The Morgan fingerprint density at radius 1 is 1.39 bits per heavy atom. The van der Waals surface area contributed by atoms with Crippen LogP contribution in [0.1, 0.15) is 24.8 Å². The number of nitrogens with zero attached hydrogens (tertiary/aromatic N) is 1. The van der Waals surface area contributed by atoms with Crippen LogP contribution >= 0.6 is 0 Å². The number of ether oxygens (including phenoxy) is 1. The third kappa shape index (κ3) is 5.84. The molecule has 1 aliphatic rings. The Balaban J connectivity index is 1.92. The Morgan fingerprint density at radius 2 is 2.17 bits per heavy atom. The lowest BCUT2D eigenvalue weighted by Crippen LogP contribution is -2.50. The first-order valence-electron chi connectivity index (χ1n) is 7.79. The number of piperidine rings is 1. The number of rotatable bonds is 6. The van der Waals surface area contributed by atoms with Crippen molar-refractivity contribution in [3.05, 3.63) is 29.8 Å². The van der Waals surface area contributed by atoms with Crippen molar-refractivity contribution in [3.8, 4) is 5.75 Å². The van der Waals surface area contributed by atoms with Crippen LogP contribution in [0.4, 0.5) is 0 Å². The lowest BCUT2D eigenvalue weighted by Gasteiger charge is -2.35. The molecule has 6 nitrogen and oxygen atoms in total. The van der Waals surface area contributed by atoms with E-state index in [0.29, 0.717) is 12.3 Å². The van der Waals surface area contributed by atoms with Gasteiger partial charge in [-0.25, -0.2) is 13.1 Å². The van der Waals surface area contributed by atoms with E-state index in [-0.39, 0.29) is 25.1 Å². The van der Waals surface area contributed by atoms with Gasteiger partial charge in [-0.2, -0.15) is 0 Å². The van der Waals surface area contributed by atoms with Crippen molar-refractivity contribution in [1.29, 1.82) is 0 Å². The molecule has 1 aromatic rings. The number of likely N-dealkylation sites (tertiary alicyclic amines) is 1. The molecule has 0 spiro atoms. The Bertz CT molecular complexity index is 645. The van der Waals surface area contributed by atoms with E-state index in [4.69, 9.17) is 4.74 Å². The molecule has 1 heterocycles. The van der Waals surface area contributed by atoms with Crippen LogP contribution in [0.15, 0.2) is 24.3 Å². The minimum Gasteiger partial charge on any atom is -0.484 e. The number of hydrogen-bond donors (Lipinski definition) is 1. The molecule has 1 saturated heterocycles. The van der Waals surface area contributed by atoms with Crippen LogP contribution < -0.4 is 9.46 Å².